The standard InChI is InChI=1S/C22H27N3O3.ClH/c1-13(2)17(22(27)28)8-6-15-7-9-19-18(11-15)23-20(25(19)5)16-10-14(3)21(26)24(4)12-16;/h7,9-13,17H,6,8H2,1-5H3,(H,27,28);1H/t17-;/m0./s1. The van der Waals surface area contributed by atoms with Crippen molar-refractivity contribution >= 4 is 29.4 Å². The van der Waals surface area contributed by atoms with E-state index in [2.05, 4.69) is 0 Å². The molecule has 0 aliphatic rings. The molecular weight excluding hydrogens is 390 g/mol. The molecule has 29 heavy (non-hydrogen) atoms. The number of aromatic nitrogens is 3. The Bertz CT molecular complexity index is 1070. The van der Waals surface area contributed by atoms with Crippen LogP contribution in [-0.2, 0) is 25.3 Å². The Hall–Kier alpha value is -2.60. The minimum absolute atomic E-state index is 0. The highest BCUT2D eigenvalue weighted by atomic mass is 35.5. The van der Waals surface area contributed by atoms with Gasteiger partial charge in [0.2, 0.25) is 0 Å². The second-order valence-electron chi connectivity index (χ2n) is 7.87. The third kappa shape index (κ3) is 4.53. The smallest absolute Gasteiger partial charge is 0.306 e. The van der Waals surface area contributed by atoms with Gasteiger partial charge in [-0.1, -0.05) is 19.9 Å². The van der Waals surface area contributed by atoms with Crippen molar-refractivity contribution in [2.24, 2.45) is 25.9 Å². The van der Waals surface area contributed by atoms with Gasteiger partial charge < -0.3 is 14.2 Å². The molecule has 0 saturated heterocycles. The number of nitrogens with zero attached hydrogens (tertiary/aromatic N) is 3. The van der Waals surface area contributed by atoms with Crippen molar-refractivity contribution in [2.75, 3.05) is 0 Å². The molecule has 0 amide bonds. The van der Waals surface area contributed by atoms with Gasteiger partial charge in [-0.25, -0.2) is 4.98 Å². The molecule has 0 aliphatic carbocycles. The monoisotopic (exact) mass is 417 g/mol. The van der Waals surface area contributed by atoms with Crippen LogP contribution in [0.4, 0.5) is 0 Å². The minimum Gasteiger partial charge on any atom is -0.481 e. The molecule has 1 aromatic carbocycles. The number of hydrogen-bond donors (Lipinski definition) is 1. The SMILES string of the molecule is Cc1cc(-c2nc3cc(CC[C@H](C(=O)O)C(C)C)ccc3n2C)cn(C)c1=O.Cl. The molecule has 0 fully saturated rings. The number of aliphatic carboxylic acids is 1. The summed E-state index contributed by atoms with van der Waals surface area (Å²) in [5.41, 5.74) is 4.53. The summed E-state index contributed by atoms with van der Waals surface area (Å²) in [6.07, 6.45) is 3.12. The van der Waals surface area contributed by atoms with Crippen LogP contribution in [0.2, 0.25) is 0 Å². The second-order valence-corrected chi connectivity index (χ2v) is 7.87. The highest BCUT2D eigenvalue weighted by Crippen LogP contribution is 2.26. The third-order valence-corrected chi connectivity index (χ3v) is 5.43. The van der Waals surface area contributed by atoms with Crippen LogP contribution >= 0.6 is 12.4 Å². The number of carboxylic acid groups (broad SMARTS) is 1. The van der Waals surface area contributed by atoms with Crippen LogP contribution < -0.4 is 5.56 Å². The zero-order valence-electron chi connectivity index (χ0n) is 17.5. The maximum atomic E-state index is 12.0. The third-order valence-electron chi connectivity index (χ3n) is 5.43. The first-order valence-electron chi connectivity index (χ1n) is 9.55. The van der Waals surface area contributed by atoms with Crippen molar-refractivity contribution in [3.05, 3.63) is 51.9 Å². The normalized spacial score (nSPS) is 12.2. The molecule has 0 aliphatic heterocycles. The average molecular weight is 418 g/mol. The van der Waals surface area contributed by atoms with Gasteiger partial charge in [0.1, 0.15) is 5.82 Å². The summed E-state index contributed by atoms with van der Waals surface area (Å²) >= 11 is 0. The molecule has 156 valence electrons. The summed E-state index contributed by atoms with van der Waals surface area (Å²) in [5.74, 6) is -0.170. The van der Waals surface area contributed by atoms with E-state index in [0.29, 0.717) is 18.4 Å². The summed E-state index contributed by atoms with van der Waals surface area (Å²) in [6.45, 7) is 5.70. The van der Waals surface area contributed by atoms with E-state index in [1.807, 2.05) is 49.7 Å². The van der Waals surface area contributed by atoms with E-state index >= 15 is 0 Å². The number of pyridine rings is 1. The van der Waals surface area contributed by atoms with Gasteiger partial charge in [-0.2, -0.15) is 0 Å². The van der Waals surface area contributed by atoms with Gasteiger partial charge in [0.05, 0.1) is 17.0 Å². The van der Waals surface area contributed by atoms with E-state index in [4.69, 9.17) is 4.98 Å². The summed E-state index contributed by atoms with van der Waals surface area (Å²) in [7, 11) is 3.71. The number of rotatable bonds is 6. The predicted molar refractivity (Wildman–Crippen MR) is 118 cm³/mol. The van der Waals surface area contributed by atoms with E-state index in [1.165, 1.54) is 0 Å². The Morgan fingerprint density at radius 2 is 1.90 bits per heavy atom. The lowest BCUT2D eigenvalue weighted by atomic mass is 9.90. The van der Waals surface area contributed by atoms with Gasteiger partial charge in [0.15, 0.2) is 0 Å². The van der Waals surface area contributed by atoms with Gasteiger partial charge in [0.25, 0.3) is 5.56 Å². The number of halogens is 1. The van der Waals surface area contributed by atoms with Gasteiger partial charge in [0, 0.05) is 31.4 Å². The van der Waals surface area contributed by atoms with Gasteiger partial charge in [-0.15, -0.1) is 12.4 Å². The van der Waals surface area contributed by atoms with E-state index in [1.54, 1.807) is 24.7 Å². The van der Waals surface area contributed by atoms with Crippen LogP contribution in [0, 0.1) is 18.8 Å². The zero-order chi connectivity index (χ0) is 20.6. The van der Waals surface area contributed by atoms with Gasteiger partial charge >= 0.3 is 5.97 Å². The summed E-state index contributed by atoms with van der Waals surface area (Å²) in [6, 6.07) is 7.97. The van der Waals surface area contributed by atoms with Crippen LogP contribution in [0.25, 0.3) is 22.4 Å². The number of aryl methyl sites for hydroxylation is 4. The molecule has 0 unspecified atom stereocenters. The first-order chi connectivity index (χ1) is 13.2. The quantitative estimate of drug-likeness (QED) is 0.658. The molecule has 2 heterocycles. The zero-order valence-corrected chi connectivity index (χ0v) is 18.3. The van der Waals surface area contributed by atoms with E-state index in [-0.39, 0.29) is 29.8 Å². The number of hydrogen-bond acceptors (Lipinski definition) is 3. The van der Waals surface area contributed by atoms with Crippen molar-refractivity contribution in [2.45, 2.75) is 33.6 Å². The van der Waals surface area contributed by atoms with Crippen LogP contribution in [0.15, 0.2) is 35.3 Å². The molecule has 0 bridgehead atoms. The first kappa shape index (κ1) is 22.7. The Labute approximate surface area is 176 Å². The second kappa shape index (κ2) is 8.82. The largest absolute Gasteiger partial charge is 0.481 e. The fraction of sp³-hybridized carbons (Fsp3) is 0.409. The number of carboxylic acids is 1. The lowest BCUT2D eigenvalue weighted by Gasteiger charge is -2.15. The summed E-state index contributed by atoms with van der Waals surface area (Å²) in [4.78, 5) is 28.2. The van der Waals surface area contributed by atoms with Crippen molar-refractivity contribution in [1.82, 2.24) is 14.1 Å². The van der Waals surface area contributed by atoms with E-state index < -0.39 is 5.97 Å². The molecule has 7 heteroatoms. The maximum absolute atomic E-state index is 12.0. The Morgan fingerprint density at radius 1 is 1.21 bits per heavy atom. The van der Waals surface area contributed by atoms with Crippen molar-refractivity contribution in [3.8, 4) is 11.4 Å². The fourth-order valence-electron chi connectivity index (χ4n) is 3.72. The van der Waals surface area contributed by atoms with Crippen molar-refractivity contribution < 1.29 is 9.90 Å². The van der Waals surface area contributed by atoms with Crippen molar-refractivity contribution in [3.63, 3.8) is 0 Å². The van der Waals surface area contributed by atoms with Crippen LogP contribution in [0.1, 0.15) is 31.4 Å². The number of carbonyl (C=O) groups is 1. The highest BCUT2D eigenvalue weighted by molar-refractivity contribution is 5.85. The molecule has 3 rings (SSSR count). The van der Waals surface area contributed by atoms with Gasteiger partial charge in [-0.05, 0) is 49.4 Å². The first-order valence-corrected chi connectivity index (χ1v) is 9.55. The Kier molecular flexibility index (Phi) is 6.90. The molecule has 0 spiro atoms. The molecule has 2 aromatic heterocycles. The fourth-order valence-corrected chi connectivity index (χ4v) is 3.72. The number of imidazole rings is 1. The van der Waals surface area contributed by atoms with Crippen LogP contribution in [0.3, 0.4) is 0 Å². The molecule has 0 radical (unpaired) electrons. The summed E-state index contributed by atoms with van der Waals surface area (Å²) in [5, 5.41) is 9.38. The molecule has 1 atom stereocenters. The average Bonchev–Trinajstić information content (AvgIpc) is 2.95. The molecule has 1 N–H and O–H groups in total. The Balaban J connectivity index is 0.00000300. The van der Waals surface area contributed by atoms with E-state index in [9.17, 15) is 14.7 Å². The summed E-state index contributed by atoms with van der Waals surface area (Å²) < 4.78 is 3.60. The lowest BCUT2D eigenvalue weighted by Crippen LogP contribution is -2.20. The predicted octanol–water partition coefficient (Wildman–Crippen LogP) is 3.96. The Morgan fingerprint density at radius 3 is 2.48 bits per heavy atom. The van der Waals surface area contributed by atoms with Crippen LogP contribution in [0.5, 0.6) is 0 Å². The number of benzene rings is 1. The maximum Gasteiger partial charge on any atom is 0.306 e. The van der Waals surface area contributed by atoms with Crippen LogP contribution in [-0.4, -0.2) is 25.2 Å². The highest BCUT2D eigenvalue weighted by Gasteiger charge is 2.21. The van der Waals surface area contributed by atoms with E-state index in [0.717, 1.165) is 28.0 Å². The minimum atomic E-state index is -0.735. The molecule has 3 aromatic rings. The molecular formula is C22H28ClN3O3. The van der Waals surface area contributed by atoms with Crippen molar-refractivity contribution in [1.29, 1.82) is 0 Å². The lowest BCUT2D eigenvalue weighted by molar-refractivity contribution is -0.143. The molecule has 0 saturated carbocycles. The molecule has 6 nitrogen and oxygen atoms in total. The topological polar surface area (TPSA) is 77.1 Å². The number of fused-ring (bicyclic) bond motifs is 1. The van der Waals surface area contributed by atoms with Gasteiger partial charge in [-0.3, -0.25) is 9.59 Å².